The zero-order valence-electron chi connectivity index (χ0n) is 18.0. The predicted octanol–water partition coefficient (Wildman–Crippen LogP) is 4.48. The fraction of sp³-hybridized carbons (Fsp3) is 0.227. The van der Waals surface area contributed by atoms with Crippen LogP contribution in [0.1, 0.15) is 12.6 Å². The lowest BCUT2D eigenvalue weighted by Gasteiger charge is -2.15. The van der Waals surface area contributed by atoms with Crippen molar-refractivity contribution in [3.63, 3.8) is 0 Å². The van der Waals surface area contributed by atoms with E-state index in [1.165, 1.54) is 38.0 Å². The maximum absolute atomic E-state index is 12.8. The summed E-state index contributed by atoms with van der Waals surface area (Å²) in [6, 6.07) is 16.0. The van der Waals surface area contributed by atoms with Crippen LogP contribution in [-0.2, 0) is 14.8 Å². The Morgan fingerprint density at radius 3 is 2.44 bits per heavy atom. The smallest absolute Gasteiger partial charge is 0.244 e. The molecule has 1 aromatic heterocycles. The maximum atomic E-state index is 12.8. The number of aromatic nitrogens is 2. The Hall–Kier alpha value is -2.46. The summed E-state index contributed by atoms with van der Waals surface area (Å²) >= 11 is 7.30. The molecule has 1 N–H and O–H groups in total. The number of carbonyl (C=O) groups is 1. The van der Waals surface area contributed by atoms with E-state index in [-0.39, 0.29) is 15.8 Å². The first-order chi connectivity index (χ1) is 15.1. The molecule has 0 saturated carbocycles. The van der Waals surface area contributed by atoms with Gasteiger partial charge in [-0.25, -0.2) is 22.7 Å². The van der Waals surface area contributed by atoms with Crippen molar-refractivity contribution >= 4 is 45.0 Å². The quantitative estimate of drug-likeness (QED) is 0.388. The summed E-state index contributed by atoms with van der Waals surface area (Å²) in [6.07, 6.45) is 0. The number of anilines is 1. The van der Waals surface area contributed by atoms with Gasteiger partial charge < -0.3 is 5.32 Å². The van der Waals surface area contributed by atoms with Gasteiger partial charge in [0, 0.05) is 31.0 Å². The highest BCUT2D eigenvalue weighted by atomic mass is 35.5. The molecule has 3 aromatic rings. The first-order valence-corrected chi connectivity index (χ1v) is 12.4. The van der Waals surface area contributed by atoms with Gasteiger partial charge in [-0.3, -0.25) is 4.79 Å². The van der Waals surface area contributed by atoms with E-state index in [0.717, 1.165) is 21.3 Å². The van der Waals surface area contributed by atoms with Crippen molar-refractivity contribution in [2.45, 2.75) is 29.1 Å². The SMILES string of the molecule is Cc1cc(-c2ccccc2)nc(SC(C)C(=O)Nc2ccc(Cl)c(S(=O)(=O)N(C)C)c2)n1. The van der Waals surface area contributed by atoms with Crippen molar-refractivity contribution in [3.8, 4) is 11.3 Å². The molecule has 0 saturated heterocycles. The second-order valence-corrected chi connectivity index (χ2v) is 11.1. The zero-order chi connectivity index (χ0) is 23.5. The molecule has 0 radical (unpaired) electrons. The number of benzene rings is 2. The van der Waals surface area contributed by atoms with Crippen molar-refractivity contribution < 1.29 is 13.2 Å². The van der Waals surface area contributed by atoms with Crippen LogP contribution in [0.5, 0.6) is 0 Å². The minimum Gasteiger partial charge on any atom is -0.325 e. The third-order valence-corrected chi connectivity index (χ3v) is 7.77. The molecule has 0 fully saturated rings. The second-order valence-electron chi connectivity index (χ2n) is 7.23. The number of aryl methyl sites for hydroxylation is 1. The Balaban J connectivity index is 1.77. The van der Waals surface area contributed by atoms with Gasteiger partial charge in [0.2, 0.25) is 15.9 Å². The first-order valence-electron chi connectivity index (χ1n) is 9.68. The molecule has 0 aliphatic rings. The Kier molecular flexibility index (Phi) is 7.55. The van der Waals surface area contributed by atoms with Gasteiger partial charge in [0.25, 0.3) is 0 Å². The van der Waals surface area contributed by atoms with Crippen LogP contribution < -0.4 is 5.32 Å². The minimum absolute atomic E-state index is 0.0724. The number of nitrogens with zero attached hydrogens (tertiary/aromatic N) is 3. The van der Waals surface area contributed by atoms with E-state index in [0.29, 0.717) is 10.8 Å². The fourth-order valence-electron chi connectivity index (χ4n) is 2.78. The average molecular weight is 491 g/mol. The summed E-state index contributed by atoms with van der Waals surface area (Å²) in [7, 11) is -0.910. The topological polar surface area (TPSA) is 92.3 Å². The van der Waals surface area contributed by atoms with Crippen LogP contribution in [0.2, 0.25) is 5.02 Å². The number of carbonyl (C=O) groups excluding carboxylic acids is 1. The van der Waals surface area contributed by atoms with E-state index in [2.05, 4.69) is 15.3 Å². The van der Waals surface area contributed by atoms with Gasteiger partial charge in [0.05, 0.1) is 16.0 Å². The molecule has 0 bridgehead atoms. The molecule has 7 nitrogen and oxygen atoms in total. The summed E-state index contributed by atoms with van der Waals surface area (Å²) in [5, 5.41) is 2.79. The number of sulfonamides is 1. The molecule has 0 aliphatic heterocycles. The van der Waals surface area contributed by atoms with Crippen LogP contribution in [-0.4, -0.2) is 47.9 Å². The largest absolute Gasteiger partial charge is 0.325 e. The van der Waals surface area contributed by atoms with Crippen LogP contribution >= 0.6 is 23.4 Å². The molecule has 0 aliphatic carbocycles. The molecule has 32 heavy (non-hydrogen) atoms. The maximum Gasteiger partial charge on any atom is 0.244 e. The number of thioether (sulfide) groups is 1. The lowest BCUT2D eigenvalue weighted by atomic mass is 10.1. The van der Waals surface area contributed by atoms with Gasteiger partial charge in [0.1, 0.15) is 4.90 Å². The lowest BCUT2D eigenvalue weighted by molar-refractivity contribution is -0.115. The first kappa shape index (κ1) is 24.2. The van der Waals surface area contributed by atoms with Crippen LogP contribution in [0, 0.1) is 6.92 Å². The lowest BCUT2D eigenvalue weighted by Crippen LogP contribution is -2.24. The van der Waals surface area contributed by atoms with Crippen LogP contribution in [0.4, 0.5) is 5.69 Å². The van der Waals surface area contributed by atoms with Gasteiger partial charge in [-0.15, -0.1) is 0 Å². The zero-order valence-corrected chi connectivity index (χ0v) is 20.4. The average Bonchev–Trinajstić information content (AvgIpc) is 2.75. The Morgan fingerprint density at radius 2 is 1.78 bits per heavy atom. The number of hydrogen-bond donors (Lipinski definition) is 1. The molecule has 2 aromatic carbocycles. The molecular formula is C22H23ClN4O3S2. The molecule has 10 heteroatoms. The standard InChI is InChI=1S/C22H23ClN4O3S2/c1-14-12-19(16-8-6-5-7-9-16)26-22(24-14)31-15(2)21(28)25-17-10-11-18(23)20(13-17)32(29,30)27(3)4/h5-13,15H,1-4H3,(H,25,28). The van der Waals surface area contributed by atoms with Crippen molar-refractivity contribution in [3.05, 3.63) is 65.3 Å². The minimum atomic E-state index is -3.75. The summed E-state index contributed by atoms with van der Waals surface area (Å²) in [6.45, 7) is 3.62. The van der Waals surface area contributed by atoms with E-state index < -0.39 is 15.3 Å². The van der Waals surface area contributed by atoms with Crippen molar-refractivity contribution in [2.24, 2.45) is 0 Å². The van der Waals surface area contributed by atoms with Gasteiger partial charge >= 0.3 is 0 Å². The van der Waals surface area contributed by atoms with E-state index in [1.807, 2.05) is 43.3 Å². The molecule has 168 valence electrons. The highest BCUT2D eigenvalue weighted by Gasteiger charge is 2.23. The normalized spacial score (nSPS) is 12.6. The Labute approximate surface area is 197 Å². The predicted molar refractivity (Wildman–Crippen MR) is 128 cm³/mol. The number of amides is 1. The third-order valence-electron chi connectivity index (χ3n) is 4.51. The number of rotatable bonds is 7. The van der Waals surface area contributed by atoms with E-state index in [4.69, 9.17) is 11.6 Å². The van der Waals surface area contributed by atoms with E-state index in [1.54, 1.807) is 13.0 Å². The monoisotopic (exact) mass is 490 g/mol. The van der Waals surface area contributed by atoms with E-state index >= 15 is 0 Å². The van der Waals surface area contributed by atoms with E-state index in [9.17, 15) is 13.2 Å². The highest BCUT2D eigenvalue weighted by Crippen LogP contribution is 2.28. The molecule has 1 unspecified atom stereocenters. The third kappa shape index (κ3) is 5.66. The summed E-state index contributed by atoms with van der Waals surface area (Å²) < 4.78 is 26.0. The molecular weight excluding hydrogens is 468 g/mol. The van der Waals surface area contributed by atoms with Gasteiger partial charge in [-0.2, -0.15) is 0 Å². The summed E-state index contributed by atoms with van der Waals surface area (Å²) in [5.41, 5.74) is 2.88. The summed E-state index contributed by atoms with van der Waals surface area (Å²) in [4.78, 5) is 21.7. The molecule has 1 atom stereocenters. The van der Waals surface area contributed by atoms with Crippen LogP contribution in [0.25, 0.3) is 11.3 Å². The van der Waals surface area contributed by atoms with Crippen molar-refractivity contribution in [1.82, 2.24) is 14.3 Å². The molecule has 0 spiro atoms. The second kappa shape index (κ2) is 9.99. The van der Waals surface area contributed by atoms with Gasteiger partial charge in [-0.1, -0.05) is 53.7 Å². The molecule has 1 heterocycles. The Morgan fingerprint density at radius 1 is 1.09 bits per heavy atom. The molecule has 3 rings (SSSR count). The van der Waals surface area contributed by atoms with Crippen LogP contribution in [0.15, 0.2) is 64.6 Å². The number of nitrogens with one attached hydrogen (secondary N) is 1. The summed E-state index contributed by atoms with van der Waals surface area (Å²) in [5.74, 6) is -0.308. The highest BCUT2D eigenvalue weighted by molar-refractivity contribution is 8.00. The van der Waals surface area contributed by atoms with Crippen LogP contribution in [0.3, 0.4) is 0 Å². The number of halogens is 1. The Bertz CT molecular complexity index is 1240. The van der Waals surface area contributed by atoms with Crippen molar-refractivity contribution in [2.75, 3.05) is 19.4 Å². The molecule has 1 amide bonds. The van der Waals surface area contributed by atoms with Gasteiger partial charge in [-0.05, 0) is 38.1 Å². The van der Waals surface area contributed by atoms with Crippen molar-refractivity contribution in [1.29, 1.82) is 0 Å². The van der Waals surface area contributed by atoms with Gasteiger partial charge in [0.15, 0.2) is 5.16 Å². The fourth-order valence-corrected chi connectivity index (χ4v) is 5.01. The number of hydrogen-bond acceptors (Lipinski definition) is 6.